The minimum Gasteiger partial charge on any atom is -0.336 e. The van der Waals surface area contributed by atoms with Gasteiger partial charge < -0.3 is 4.90 Å². The second kappa shape index (κ2) is 6.79. The van der Waals surface area contributed by atoms with Gasteiger partial charge in [0.25, 0.3) is 5.91 Å². The van der Waals surface area contributed by atoms with Crippen molar-refractivity contribution in [1.82, 2.24) is 19.0 Å². The summed E-state index contributed by atoms with van der Waals surface area (Å²) >= 11 is 1.49. The summed E-state index contributed by atoms with van der Waals surface area (Å²) in [5.74, 6) is -0.0762. The molecule has 0 aliphatic carbocycles. The lowest BCUT2D eigenvalue weighted by Gasteiger charge is -2.34. The molecular formula is C17H24N4O3S2. The van der Waals surface area contributed by atoms with Crippen LogP contribution in [0.5, 0.6) is 0 Å². The predicted octanol–water partition coefficient (Wildman–Crippen LogP) is 1.86. The van der Waals surface area contributed by atoms with E-state index in [1.807, 2.05) is 34.7 Å². The molecule has 9 heteroatoms. The van der Waals surface area contributed by atoms with Gasteiger partial charge in [0.2, 0.25) is 10.0 Å². The van der Waals surface area contributed by atoms with Crippen molar-refractivity contribution >= 4 is 27.3 Å². The van der Waals surface area contributed by atoms with E-state index in [1.54, 1.807) is 15.6 Å². The van der Waals surface area contributed by atoms with Crippen LogP contribution in [0.3, 0.4) is 0 Å². The molecule has 142 valence electrons. The van der Waals surface area contributed by atoms with Crippen LogP contribution in [-0.2, 0) is 17.1 Å². The number of piperazine rings is 1. The molecule has 7 nitrogen and oxygen atoms in total. The van der Waals surface area contributed by atoms with Crippen LogP contribution in [-0.4, -0.2) is 59.5 Å². The first kappa shape index (κ1) is 19.1. The molecule has 0 spiro atoms. The molecule has 1 amide bonds. The first-order valence-electron chi connectivity index (χ1n) is 8.49. The quantitative estimate of drug-likeness (QED) is 0.794. The Hall–Kier alpha value is -1.71. The summed E-state index contributed by atoms with van der Waals surface area (Å²) in [7, 11) is -1.69. The first-order chi connectivity index (χ1) is 12.1. The molecule has 1 aliphatic heterocycles. The van der Waals surface area contributed by atoms with Gasteiger partial charge in [0, 0.05) is 48.7 Å². The Labute approximate surface area is 158 Å². The number of aromatic nitrogens is 2. The van der Waals surface area contributed by atoms with E-state index in [4.69, 9.17) is 0 Å². The van der Waals surface area contributed by atoms with Crippen molar-refractivity contribution in [3.05, 3.63) is 32.8 Å². The summed E-state index contributed by atoms with van der Waals surface area (Å²) in [6.07, 6.45) is 0. The second-order valence-corrected chi connectivity index (χ2v) is 10.0. The zero-order valence-electron chi connectivity index (χ0n) is 15.7. The topological polar surface area (TPSA) is 75.5 Å². The highest BCUT2D eigenvalue weighted by Crippen LogP contribution is 2.28. The molecule has 0 aromatic carbocycles. The van der Waals surface area contributed by atoms with Gasteiger partial charge in [-0.3, -0.25) is 9.48 Å². The van der Waals surface area contributed by atoms with Crippen molar-refractivity contribution in [1.29, 1.82) is 0 Å². The van der Waals surface area contributed by atoms with Crippen LogP contribution in [0.2, 0.25) is 0 Å². The average Bonchev–Trinajstić information content (AvgIpc) is 3.05. The lowest BCUT2D eigenvalue weighted by Crippen LogP contribution is -2.50. The van der Waals surface area contributed by atoms with Gasteiger partial charge in [-0.15, -0.1) is 11.3 Å². The number of aryl methyl sites for hydroxylation is 4. The SMILES string of the molecule is Cc1cc(S(=O)(=O)N2CCN(C(=O)c3c(C)nn(C)c3C)CC2)c(C)s1. The number of amides is 1. The summed E-state index contributed by atoms with van der Waals surface area (Å²) < 4.78 is 29.0. The third kappa shape index (κ3) is 3.19. The molecule has 0 N–H and O–H groups in total. The van der Waals surface area contributed by atoms with Crippen LogP contribution in [0.1, 0.15) is 31.5 Å². The van der Waals surface area contributed by atoms with Crippen molar-refractivity contribution in [3.8, 4) is 0 Å². The molecule has 2 aromatic heterocycles. The maximum atomic E-state index is 12.9. The van der Waals surface area contributed by atoms with Crippen LogP contribution in [0.15, 0.2) is 11.0 Å². The summed E-state index contributed by atoms with van der Waals surface area (Å²) in [5.41, 5.74) is 2.15. The van der Waals surface area contributed by atoms with Crippen LogP contribution in [0.4, 0.5) is 0 Å². The largest absolute Gasteiger partial charge is 0.336 e. The number of carbonyl (C=O) groups is 1. The summed E-state index contributed by atoms with van der Waals surface area (Å²) in [6.45, 7) is 8.81. The number of carbonyl (C=O) groups excluding carboxylic acids is 1. The van der Waals surface area contributed by atoms with Crippen molar-refractivity contribution in [2.45, 2.75) is 32.6 Å². The number of nitrogens with zero attached hydrogens (tertiary/aromatic N) is 4. The highest BCUT2D eigenvalue weighted by Gasteiger charge is 2.33. The van der Waals surface area contributed by atoms with Gasteiger partial charge in [-0.2, -0.15) is 9.40 Å². The van der Waals surface area contributed by atoms with Gasteiger partial charge in [0.1, 0.15) is 0 Å². The van der Waals surface area contributed by atoms with Crippen molar-refractivity contribution in [2.24, 2.45) is 7.05 Å². The number of hydrogen-bond donors (Lipinski definition) is 0. The molecule has 1 saturated heterocycles. The van der Waals surface area contributed by atoms with Crippen LogP contribution in [0, 0.1) is 27.7 Å². The van der Waals surface area contributed by atoms with E-state index in [1.165, 1.54) is 15.6 Å². The van der Waals surface area contributed by atoms with Gasteiger partial charge in [-0.05, 0) is 33.8 Å². The first-order valence-corrected chi connectivity index (χ1v) is 10.7. The Morgan fingerprint density at radius 1 is 1.12 bits per heavy atom. The van der Waals surface area contributed by atoms with E-state index in [9.17, 15) is 13.2 Å². The van der Waals surface area contributed by atoms with Gasteiger partial charge in [0.15, 0.2) is 0 Å². The molecule has 0 atom stereocenters. The standard InChI is InChI=1S/C17H24N4O3S2/c1-11-10-15(14(4)25-11)26(23,24)21-8-6-20(7-9-21)17(22)16-12(2)18-19(5)13(16)3/h10H,6-9H2,1-5H3. The molecule has 1 aliphatic rings. The molecule has 0 radical (unpaired) electrons. The van der Waals surface area contributed by atoms with Crippen molar-refractivity contribution in [3.63, 3.8) is 0 Å². The highest BCUT2D eigenvalue weighted by molar-refractivity contribution is 7.89. The molecule has 0 unspecified atom stereocenters. The molecule has 0 saturated carbocycles. The molecular weight excluding hydrogens is 372 g/mol. The van der Waals surface area contributed by atoms with E-state index in [2.05, 4.69) is 5.10 Å². The predicted molar refractivity (Wildman–Crippen MR) is 101 cm³/mol. The Kier molecular flexibility index (Phi) is 4.98. The summed E-state index contributed by atoms with van der Waals surface area (Å²) in [5, 5.41) is 4.30. The normalized spacial score (nSPS) is 16.3. The van der Waals surface area contributed by atoms with E-state index >= 15 is 0 Å². The smallest absolute Gasteiger partial charge is 0.257 e. The minimum atomic E-state index is -3.51. The van der Waals surface area contributed by atoms with Gasteiger partial charge in [-0.25, -0.2) is 8.42 Å². The fourth-order valence-electron chi connectivity index (χ4n) is 3.38. The molecule has 0 bridgehead atoms. The zero-order chi connectivity index (χ0) is 19.2. The Balaban J connectivity index is 1.75. The lowest BCUT2D eigenvalue weighted by molar-refractivity contribution is 0.0696. The van der Waals surface area contributed by atoms with E-state index in [0.29, 0.717) is 42.3 Å². The molecule has 3 rings (SSSR count). The van der Waals surface area contributed by atoms with E-state index in [0.717, 1.165) is 15.4 Å². The fourth-order valence-corrected chi connectivity index (χ4v) is 6.32. The van der Waals surface area contributed by atoms with Gasteiger partial charge >= 0.3 is 0 Å². The van der Waals surface area contributed by atoms with Crippen molar-refractivity contribution < 1.29 is 13.2 Å². The number of rotatable bonds is 3. The van der Waals surface area contributed by atoms with Gasteiger partial charge in [-0.1, -0.05) is 0 Å². The fraction of sp³-hybridized carbons (Fsp3) is 0.529. The minimum absolute atomic E-state index is 0.0762. The maximum absolute atomic E-state index is 12.9. The Morgan fingerprint density at radius 3 is 2.19 bits per heavy atom. The Morgan fingerprint density at radius 2 is 1.73 bits per heavy atom. The zero-order valence-corrected chi connectivity index (χ0v) is 17.4. The third-order valence-electron chi connectivity index (χ3n) is 4.86. The number of hydrogen-bond acceptors (Lipinski definition) is 5. The average molecular weight is 397 g/mol. The third-order valence-corrected chi connectivity index (χ3v) is 7.98. The molecule has 2 aromatic rings. The van der Waals surface area contributed by atoms with Crippen LogP contribution < -0.4 is 0 Å². The summed E-state index contributed by atoms with van der Waals surface area (Å²) in [6, 6.07) is 1.73. The molecule has 3 heterocycles. The highest BCUT2D eigenvalue weighted by atomic mass is 32.2. The van der Waals surface area contributed by atoms with Crippen LogP contribution >= 0.6 is 11.3 Å². The Bertz CT molecular complexity index is 951. The van der Waals surface area contributed by atoms with Crippen molar-refractivity contribution in [2.75, 3.05) is 26.2 Å². The maximum Gasteiger partial charge on any atom is 0.257 e. The lowest BCUT2D eigenvalue weighted by atomic mass is 10.1. The molecule has 1 fully saturated rings. The van der Waals surface area contributed by atoms with E-state index < -0.39 is 10.0 Å². The number of sulfonamides is 1. The monoisotopic (exact) mass is 396 g/mol. The van der Waals surface area contributed by atoms with Gasteiger partial charge in [0.05, 0.1) is 16.2 Å². The second-order valence-electron chi connectivity index (χ2n) is 6.64. The number of thiophene rings is 1. The van der Waals surface area contributed by atoms with Crippen LogP contribution in [0.25, 0.3) is 0 Å². The summed E-state index contributed by atoms with van der Waals surface area (Å²) in [4.78, 5) is 16.7. The molecule has 26 heavy (non-hydrogen) atoms. The van der Waals surface area contributed by atoms with E-state index in [-0.39, 0.29) is 5.91 Å².